The van der Waals surface area contributed by atoms with Gasteiger partial charge in [0, 0.05) is 13.5 Å². The van der Waals surface area contributed by atoms with E-state index in [-0.39, 0.29) is 12.3 Å². The third-order valence-electron chi connectivity index (χ3n) is 1.44. The highest BCUT2D eigenvalue weighted by molar-refractivity contribution is 5.83. The smallest absolute Gasteiger partial charge is 0.225 e. The van der Waals surface area contributed by atoms with Crippen LogP contribution in [0.15, 0.2) is 0 Å². The fraction of sp³-hybridized carbons (Fsp3) is 0.714. The number of carbonyl (C=O) groups excluding carboxylic acids is 2. The van der Waals surface area contributed by atoms with Crippen molar-refractivity contribution < 1.29 is 9.59 Å². The summed E-state index contributed by atoms with van der Waals surface area (Å²) in [5.74, 6) is -0.0976. The average molecular weight is 143 g/mol. The number of aldehydes is 1. The van der Waals surface area contributed by atoms with Gasteiger partial charge >= 0.3 is 0 Å². The van der Waals surface area contributed by atoms with Gasteiger partial charge in [-0.3, -0.25) is 4.79 Å². The SMILES string of the molecule is CNC(=O)C(C)(C)CC=O. The molecule has 0 spiro atoms. The van der Waals surface area contributed by atoms with E-state index < -0.39 is 5.41 Å². The summed E-state index contributed by atoms with van der Waals surface area (Å²) in [6.45, 7) is 3.47. The Morgan fingerprint density at radius 2 is 2.10 bits per heavy atom. The predicted molar refractivity (Wildman–Crippen MR) is 38.5 cm³/mol. The molecule has 0 aliphatic heterocycles. The molecule has 10 heavy (non-hydrogen) atoms. The van der Waals surface area contributed by atoms with E-state index in [1.807, 2.05) is 0 Å². The summed E-state index contributed by atoms with van der Waals surface area (Å²) in [5, 5.41) is 2.49. The zero-order valence-electron chi connectivity index (χ0n) is 6.60. The summed E-state index contributed by atoms with van der Waals surface area (Å²) >= 11 is 0. The Kier molecular flexibility index (Phi) is 3.06. The minimum absolute atomic E-state index is 0.0976. The van der Waals surface area contributed by atoms with Crippen LogP contribution in [0, 0.1) is 5.41 Å². The standard InChI is InChI=1S/C7H13NO2/c1-7(2,4-5-9)6(10)8-3/h5H,4H2,1-3H3,(H,8,10). The maximum atomic E-state index is 11.0. The van der Waals surface area contributed by atoms with Gasteiger partial charge in [0.15, 0.2) is 0 Å². The Labute approximate surface area is 60.8 Å². The van der Waals surface area contributed by atoms with Crippen molar-refractivity contribution in [2.45, 2.75) is 20.3 Å². The van der Waals surface area contributed by atoms with Crippen LogP contribution in [-0.2, 0) is 9.59 Å². The van der Waals surface area contributed by atoms with Crippen molar-refractivity contribution in [1.82, 2.24) is 5.32 Å². The molecule has 3 nitrogen and oxygen atoms in total. The van der Waals surface area contributed by atoms with Crippen LogP contribution in [0.1, 0.15) is 20.3 Å². The van der Waals surface area contributed by atoms with Crippen molar-refractivity contribution in [1.29, 1.82) is 0 Å². The Bertz CT molecular complexity index is 141. The summed E-state index contributed by atoms with van der Waals surface area (Å²) in [6.07, 6.45) is 1.03. The Morgan fingerprint density at radius 1 is 1.60 bits per heavy atom. The van der Waals surface area contributed by atoms with Crippen molar-refractivity contribution in [3.63, 3.8) is 0 Å². The first-order valence-electron chi connectivity index (χ1n) is 3.20. The van der Waals surface area contributed by atoms with Gasteiger partial charge in [0.1, 0.15) is 6.29 Å². The largest absolute Gasteiger partial charge is 0.359 e. The lowest BCUT2D eigenvalue weighted by molar-refractivity contribution is -0.131. The fourth-order valence-electron chi connectivity index (χ4n) is 0.639. The number of carbonyl (C=O) groups is 2. The maximum Gasteiger partial charge on any atom is 0.225 e. The molecule has 0 saturated carbocycles. The van der Waals surface area contributed by atoms with Gasteiger partial charge in [0.25, 0.3) is 0 Å². The van der Waals surface area contributed by atoms with Crippen LogP contribution in [0.2, 0.25) is 0 Å². The number of amides is 1. The van der Waals surface area contributed by atoms with Crippen LogP contribution in [0.3, 0.4) is 0 Å². The molecule has 0 saturated heterocycles. The van der Waals surface area contributed by atoms with Crippen molar-refractivity contribution in [3.8, 4) is 0 Å². The molecule has 0 fully saturated rings. The van der Waals surface area contributed by atoms with Crippen LogP contribution < -0.4 is 5.32 Å². The summed E-state index contributed by atoms with van der Waals surface area (Å²) in [6, 6.07) is 0. The van der Waals surface area contributed by atoms with Crippen LogP contribution in [0.25, 0.3) is 0 Å². The van der Waals surface area contributed by atoms with E-state index in [2.05, 4.69) is 5.32 Å². The maximum absolute atomic E-state index is 11.0. The van der Waals surface area contributed by atoms with Crippen LogP contribution in [0.4, 0.5) is 0 Å². The highest BCUT2D eigenvalue weighted by atomic mass is 16.2. The van der Waals surface area contributed by atoms with E-state index in [9.17, 15) is 9.59 Å². The Balaban J connectivity index is 4.08. The zero-order chi connectivity index (χ0) is 8.20. The minimum atomic E-state index is -0.559. The molecule has 0 heterocycles. The molecule has 0 rings (SSSR count). The van der Waals surface area contributed by atoms with Gasteiger partial charge in [-0.1, -0.05) is 13.8 Å². The Morgan fingerprint density at radius 3 is 2.40 bits per heavy atom. The molecule has 0 aliphatic rings. The van der Waals surface area contributed by atoms with E-state index in [1.165, 1.54) is 0 Å². The van der Waals surface area contributed by atoms with Crippen molar-refractivity contribution in [2.24, 2.45) is 5.41 Å². The van der Waals surface area contributed by atoms with E-state index in [0.29, 0.717) is 0 Å². The average Bonchev–Trinajstić information content (AvgIpc) is 1.86. The first-order chi connectivity index (χ1) is 4.54. The van der Waals surface area contributed by atoms with Gasteiger partial charge in [0.2, 0.25) is 5.91 Å². The number of rotatable bonds is 3. The molecule has 1 N–H and O–H groups in total. The van der Waals surface area contributed by atoms with E-state index in [1.54, 1.807) is 20.9 Å². The molecule has 58 valence electrons. The molecule has 0 aromatic carbocycles. The van der Waals surface area contributed by atoms with Crippen LogP contribution in [-0.4, -0.2) is 19.2 Å². The lowest BCUT2D eigenvalue weighted by Gasteiger charge is -2.18. The van der Waals surface area contributed by atoms with Crippen molar-refractivity contribution >= 4 is 12.2 Å². The molecule has 0 atom stereocenters. The second-order valence-electron chi connectivity index (χ2n) is 2.83. The van der Waals surface area contributed by atoms with E-state index in [0.717, 1.165) is 6.29 Å². The molecule has 0 aromatic rings. The van der Waals surface area contributed by atoms with Crippen molar-refractivity contribution in [2.75, 3.05) is 7.05 Å². The van der Waals surface area contributed by atoms with Crippen LogP contribution in [0.5, 0.6) is 0 Å². The molecule has 1 amide bonds. The summed E-state index contributed by atoms with van der Waals surface area (Å²) < 4.78 is 0. The molecule has 0 unspecified atom stereocenters. The van der Waals surface area contributed by atoms with E-state index in [4.69, 9.17) is 0 Å². The van der Waals surface area contributed by atoms with Gasteiger partial charge in [-0.25, -0.2) is 0 Å². The summed E-state index contributed by atoms with van der Waals surface area (Å²) in [7, 11) is 1.56. The molecule has 0 aromatic heterocycles. The summed E-state index contributed by atoms with van der Waals surface area (Å²) in [4.78, 5) is 21.0. The summed E-state index contributed by atoms with van der Waals surface area (Å²) in [5.41, 5.74) is -0.559. The number of nitrogens with one attached hydrogen (secondary N) is 1. The van der Waals surface area contributed by atoms with Gasteiger partial charge < -0.3 is 10.1 Å². The third-order valence-corrected chi connectivity index (χ3v) is 1.44. The van der Waals surface area contributed by atoms with Gasteiger partial charge in [-0.2, -0.15) is 0 Å². The first kappa shape index (κ1) is 9.14. The minimum Gasteiger partial charge on any atom is -0.359 e. The third kappa shape index (κ3) is 2.17. The van der Waals surface area contributed by atoms with Gasteiger partial charge in [-0.05, 0) is 0 Å². The molecular formula is C7H13NO2. The molecular weight excluding hydrogens is 130 g/mol. The quantitative estimate of drug-likeness (QED) is 0.579. The fourth-order valence-corrected chi connectivity index (χ4v) is 0.639. The topological polar surface area (TPSA) is 46.2 Å². The highest BCUT2D eigenvalue weighted by Crippen LogP contribution is 2.17. The van der Waals surface area contributed by atoms with Gasteiger partial charge in [0.05, 0.1) is 5.41 Å². The molecule has 0 bridgehead atoms. The molecule has 3 heteroatoms. The molecule has 0 aliphatic carbocycles. The van der Waals surface area contributed by atoms with E-state index >= 15 is 0 Å². The van der Waals surface area contributed by atoms with Gasteiger partial charge in [-0.15, -0.1) is 0 Å². The number of hydrogen-bond donors (Lipinski definition) is 1. The predicted octanol–water partition coefficient (Wildman–Crippen LogP) is 0.348. The highest BCUT2D eigenvalue weighted by Gasteiger charge is 2.25. The van der Waals surface area contributed by atoms with Crippen LogP contribution >= 0.6 is 0 Å². The second kappa shape index (κ2) is 3.34. The number of hydrogen-bond acceptors (Lipinski definition) is 2. The first-order valence-corrected chi connectivity index (χ1v) is 3.20. The second-order valence-corrected chi connectivity index (χ2v) is 2.83. The Hall–Kier alpha value is -0.860. The zero-order valence-corrected chi connectivity index (χ0v) is 6.60. The monoisotopic (exact) mass is 143 g/mol. The lowest BCUT2D eigenvalue weighted by Crippen LogP contribution is -2.34. The molecule has 0 radical (unpaired) electrons. The lowest BCUT2D eigenvalue weighted by atomic mass is 9.89. The van der Waals surface area contributed by atoms with Crippen molar-refractivity contribution in [3.05, 3.63) is 0 Å². The normalized spacial score (nSPS) is 10.7.